The minimum absolute atomic E-state index is 0.0626. The van der Waals surface area contributed by atoms with Gasteiger partial charge in [-0.15, -0.1) is 0 Å². The summed E-state index contributed by atoms with van der Waals surface area (Å²) in [4.78, 5) is 12.0. The standard InChI is InChI=1S/C15H22BrNO2/c1-3-4-5-6-7-11(2)19-15(18)13-9-8-12(16)10-14(13)17/h8-11H,3-7,17H2,1-2H3. The molecule has 1 unspecified atom stereocenters. The summed E-state index contributed by atoms with van der Waals surface area (Å²) in [5, 5.41) is 0. The van der Waals surface area contributed by atoms with E-state index in [9.17, 15) is 4.79 Å². The van der Waals surface area contributed by atoms with E-state index < -0.39 is 0 Å². The zero-order valence-corrected chi connectivity index (χ0v) is 13.2. The summed E-state index contributed by atoms with van der Waals surface area (Å²) in [6.07, 6.45) is 5.58. The Labute approximate surface area is 123 Å². The lowest BCUT2D eigenvalue weighted by Crippen LogP contribution is -2.16. The van der Waals surface area contributed by atoms with E-state index in [1.54, 1.807) is 18.2 Å². The first kappa shape index (κ1) is 16.0. The highest BCUT2D eigenvalue weighted by molar-refractivity contribution is 9.10. The molecule has 2 N–H and O–H groups in total. The number of rotatable bonds is 7. The number of benzene rings is 1. The SMILES string of the molecule is CCCCCCC(C)OC(=O)c1ccc(Br)cc1N. The topological polar surface area (TPSA) is 52.3 Å². The highest BCUT2D eigenvalue weighted by Gasteiger charge is 2.14. The van der Waals surface area contributed by atoms with Crippen LogP contribution in [0.5, 0.6) is 0 Å². The first-order valence-corrected chi connectivity index (χ1v) is 7.60. The van der Waals surface area contributed by atoms with Crippen LogP contribution in [0.3, 0.4) is 0 Å². The van der Waals surface area contributed by atoms with Gasteiger partial charge in [-0.2, -0.15) is 0 Å². The fraction of sp³-hybridized carbons (Fsp3) is 0.533. The van der Waals surface area contributed by atoms with Gasteiger partial charge in [0.15, 0.2) is 0 Å². The number of unbranched alkanes of at least 4 members (excludes halogenated alkanes) is 3. The van der Waals surface area contributed by atoms with Crippen molar-refractivity contribution in [1.29, 1.82) is 0 Å². The quantitative estimate of drug-likeness (QED) is 0.454. The molecule has 1 rings (SSSR count). The van der Waals surface area contributed by atoms with Crippen LogP contribution in [-0.2, 0) is 4.74 Å². The van der Waals surface area contributed by atoms with E-state index in [1.165, 1.54) is 19.3 Å². The van der Waals surface area contributed by atoms with E-state index in [1.807, 2.05) is 6.92 Å². The van der Waals surface area contributed by atoms with Crippen LogP contribution in [0.2, 0.25) is 0 Å². The van der Waals surface area contributed by atoms with Crippen molar-refractivity contribution >= 4 is 27.6 Å². The molecule has 0 radical (unpaired) electrons. The Morgan fingerprint density at radius 1 is 1.37 bits per heavy atom. The fourth-order valence-corrected chi connectivity index (χ4v) is 2.26. The lowest BCUT2D eigenvalue weighted by Gasteiger charge is -2.14. The van der Waals surface area contributed by atoms with Gasteiger partial charge in [-0.1, -0.05) is 42.1 Å². The molecule has 19 heavy (non-hydrogen) atoms. The van der Waals surface area contributed by atoms with Crippen LogP contribution in [0.4, 0.5) is 5.69 Å². The van der Waals surface area contributed by atoms with Gasteiger partial charge in [0, 0.05) is 10.2 Å². The van der Waals surface area contributed by atoms with E-state index >= 15 is 0 Å². The summed E-state index contributed by atoms with van der Waals surface area (Å²) < 4.78 is 6.26. The van der Waals surface area contributed by atoms with Gasteiger partial charge in [0.25, 0.3) is 0 Å². The van der Waals surface area contributed by atoms with Crippen molar-refractivity contribution in [3.63, 3.8) is 0 Å². The van der Waals surface area contributed by atoms with E-state index in [0.29, 0.717) is 11.3 Å². The number of esters is 1. The molecule has 0 spiro atoms. The molecule has 0 aliphatic carbocycles. The number of anilines is 1. The maximum atomic E-state index is 12.0. The third kappa shape index (κ3) is 5.64. The molecular weight excluding hydrogens is 306 g/mol. The first-order chi connectivity index (χ1) is 9.04. The van der Waals surface area contributed by atoms with Gasteiger partial charge in [0.2, 0.25) is 0 Å². The summed E-state index contributed by atoms with van der Waals surface area (Å²) >= 11 is 3.31. The van der Waals surface area contributed by atoms with Crippen molar-refractivity contribution in [1.82, 2.24) is 0 Å². The summed E-state index contributed by atoms with van der Waals surface area (Å²) in [6, 6.07) is 5.19. The molecule has 3 nitrogen and oxygen atoms in total. The number of hydrogen-bond donors (Lipinski definition) is 1. The third-order valence-corrected chi connectivity index (χ3v) is 3.50. The Balaban J connectivity index is 2.45. The number of carbonyl (C=O) groups excluding carboxylic acids is 1. The smallest absolute Gasteiger partial charge is 0.340 e. The van der Waals surface area contributed by atoms with E-state index in [0.717, 1.165) is 17.3 Å². The monoisotopic (exact) mass is 327 g/mol. The van der Waals surface area contributed by atoms with Crippen molar-refractivity contribution in [2.24, 2.45) is 0 Å². The summed E-state index contributed by atoms with van der Waals surface area (Å²) in [6.45, 7) is 4.11. The van der Waals surface area contributed by atoms with E-state index in [4.69, 9.17) is 10.5 Å². The minimum Gasteiger partial charge on any atom is -0.459 e. The number of nitrogen functional groups attached to an aromatic ring is 1. The molecule has 0 amide bonds. The van der Waals surface area contributed by atoms with Gasteiger partial charge in [-0.25, -0.2) is 4.79 Å². The highest BCUT2D eigenvalue weighted by atomic mass is 79.9. The van der Waals surface area contributed by atoms with E-state index in [-0.39, 0.29) is 12.1 Å². The molecule has 1 aromatic carbocycles. The molecule has 0 aliphatic rings. The zero-order chi connectivity index (χ0) is 14.3. The fourth-order valence-electron chi connectivity index (χ4n) is 1.88. The number of halogens is 1. The maximum Gasteiger partial charge on any atom is 0.340 e. The Hall–Kier alpha value is -1.03. The zero-order valence-electron chi connectivity index (χ0n) is 11.6. The van der Waals surface area contributed by atoms with Gasteiger partial charge < -0.3 is 10.5 Å². The molecule has 0 bridgehead atoms. The van der Waals surface area contributed by atoms with Crippen molar-refractivity contribution < 1.29 is 9.53 Å². The normalized spacial score (nSPS) is 12.2. The second kappa shape index (κ2) is 8.20. The van der Waals surface area contributed by atoms with Gasteiger partial charge >= 0.3 is 5.97 Å². The van der Waals surface area contributed by atoms with Crippen LogP contribution in [0.1, 0.15) is 56.3 Å². The molecule has 0 saturated heterocycles. The summed E-state index contributed by atoms with van der Waals surface area (Å²) in [5.74, 6) is -0.340. The van der Waals surface area contributed by atoms with Crippen LogP contribution in [0.25, 0.3) is 0 Å². The van der Waals surface area contributed by atoms with Gasteiger partial charge in [0.1, 0.15) is 0 Å². The number of carbonyl (C=O) groups is 1. The van der Waals surface area contributed by atoms with Crippen LogP contribution in [0.15, 0.2) is 22.7 Å². The summed E-state index contributed by atoms with van der Waals surface area (Å²) in [7, 11) is 0. The molecule has 0 heterocycles. The predicted molar refractivity (Wildman–Crippen MR) is 82.2 cm³/mol. The van der Waals surface area contributed by atoms with Crippen molar-refractivity contribution in [3.8, 4) is 0 Å². The van der Waals surface area contributed by atoms with Crippen molar-refractivity contribution in [2.45, 2.75) is 52.1 Å². The van der Waals surface area contributed by atoms with Crippen molar-refractivity contribution in [3.05, 3.63) is 28.2 Å². The maximum absolute atomic E-state index is 12.0. The van der Waals surface area contributed by atoms with E-state index in [2.05, 4.69) is 22.9 Å². The van der Waals surface area contributed by atoms with Crippen LogP contribution < -0.4 is 5.73 Å². The largest absolute Gasteiger partial charge is 0.459 e. The lowest BCUT2D eigenvalue weighted by atomic mass is 10.1. The molecule has 0 aromatic heterocycles. The van der Waals surface area contributed by atoms with Gasteiger partial charge in [0.05, 0.1) is 11.7 Å². The Morgan fingerprint density at radius 2 is 2.11 bits per heavy atom. The third-order valence-electron chi connectivity index (χ3n) is 3.01. The molecule has 0 aliphatic heterocycles. The van der Waals surface area contributed by atoms with Crippen LogP contribution >= 0.6 is 15.9 Å². The molecular formula is C15H22BrNO2. The summed E-state index contributed by atoms with van der Waals surface area (Å²) in [5.41, 5.74) is 6.68. The van der Waals surface area contributed by atoms with Gasteiger partial charge in [-0.05, 0) is 38.0 Å². The van der Waals surface area contributed by atoms with Gasteiger partial charge in [-0.3, -0.25) is 0 Å². The molecule has 4 heteroatoms. The number of nitrogens with two attached hydrogens (primary N) is 1. The van der Waals surface area contributed by atoms with Crippen LogP contribution in [-0.4, -0.2) is 12.1 Å². The minimum atomic E-state index is -0.340. The Kier molecular flexibility index (Phi) is 6.92. The Morgan fingerprint density at radius 3 is 2.74 bits per heavy atom. The van der Waals surface area contributed by atoms with Crippen LogP contribution in [0, 0.1) is 0 Å². The average Bonchev–Trinajstić information content (AvgIpc) is 2.34. The molecule has 1 atom stereocenters. The second-order valence-electron chi connectivity index (χ2n) is 4.80. The van der Waals surface area contributed by atoms with Crippen molar-refractivity contribution in [2.75, 3.05) is 5.73 Å². The molecule has 106 valence electrons. The Bertz CT molecular complexity index is 421. The first-order valence-electron chi connectivity index (χ1n) is 6.80. The number of ether oxygens (including phenoxy) is 1. The highest BCUT2D eigenvalue weighted by Crippen LogP contribution is 2.20. The molecule has 1 aromatic rings. The predicted octanol–water partition coefficient (Wildman–Crippen LogP) is 4.55. The molecule has 0 fully saturated rings. The average molecular weight is 328 g/mol. The lowest BCUT2D eigenvalue weighted by molar-refractivity contribution is 0.0320. The number of hydrogen-bond acceptors (Lipinski definition) is 3. The second-order valence-corrected chi connectivity index (χ2v) is 5.71. The molecule has 0 saturated carbocycles.